The van der Waals surface area contributed by atoms with Crippen molar-refractivity contribution < 1.29 is 36.5 Å². The van der Waals surface area contributed by atoms with Gasteiger partial charge in [0.25, 0.3) is 42.8 Å². The molecule has 0 amide bonds. The van der Waals surface area contributed by atoms with Crippen molar-refractivity contribution in [3.05, 3.63) is 131 Å². The van der Waals surface area contributed by atoms with E-state index in [0.29, 0.717) is 19.9 Å². The lowest BCUT2D eigenvalue weighted by Gasteiger charge is -2.31. The highest BCUT2D eigenvalue weighted by atomic mass is 32.2. The van der Waals surface area contributed by atoms with Crippen LogP contribution in [0.4, 0.5) is 33.6 Å². The van der Waals surface area contributed by atoms with E-state index < -0.39 is 82.5 Å². The van der Waals surface area contributed by atoms with E-state index in [1.54, 1.807) is 0 Å². The van der Waals surface area contributed by atoms with E-state index in [1.165, 1.54) is 6.07 Å². The van der Waals surface area contributed by atoms with Gasteiger partial charge in [0.15, 0.2) is 0 Å². The summed E-state index contributed by atoms with van der Waals surface area (Å²) in [5.41, 5.74) is -2.15. The maximum atomic E-state index is 14.3. The van der Waals surface area contributed by atoms with Crippen molar-refractivity contribution in [2.24, 2.45) is 0 Å². The fourth-order valence-electron chi connectivity index (χ4n) is 4.22. The van der Waals surface area contributed by atoms with Crippen LogP contribution in [0.5, 0.6) is 0 Å². The molecule has 0 spiro atoms. The van der Waals surface area contributed by atoms with Crippen LogP contribution in [0, 0.1) is 40.5 Å². The Morgan fingerprint density at radius 3 is 1.41 bits per heavy atom. The highest BCUT2D eigenvalue weighted by molar-refractivity contribution is 7.98. The fraction of sp³-hybridized carbons (Fsp3) is 0. The van der Waals surface area contributed by atoms with Gasteiger partial charge in [-0.1, -0.05) is 11.3 Å². The lowest BCUT2D eigenvalue weighted by Crippen LogP contribution is -2.49. The van der Waals surface area contributed by atoms with Gasteiger partial charge in [-0.25, -0.2) is 26.1 Å². The van der Waals surface area contributed by atoms with Crippen molar-refractivity contribution in [2.75, 3.05) is 8.61 Å². The van der Waals surface area contributed by atoms with Crippen LogP contribution < -0.4 is 8.61 Å². The molecule has 5 aromatic rings. The zero-order chi connectivity index (χ0) is 35.8. The number of rotatable bonds is 10. The predicted octanol–water partition coefficient (Wildman–Crippen LogP) is 5.30. The van der Waals surface area contributed by atoms with Crippen molar-refractivity contribution in [3.8, 4) is 0 Å². The van der Waals surface area contributed by atoms with Gasteiger partial charge in [-0.15, -0.1) is 0 Å². The van der Waals surface area contributed by atoms with Gasteiger partial charge < -0.3 is 0 Å². The first-order chi connectivity index (χ1) is 23.0. The van der Waals surface area contributed by atoms with Gasteiger partial charge in [0, 0.05) is 48.5 Å². The molecule has 0 fully saturated rings. The van der Waals surface area contributed by atoms with Crippen LogP contribution in [0.1, 0.15) is 0 Å². The van der Waals surface area contributed by atoms with Crippen LogP contribution in [0.3, 0.4) is 0 Å². The summed E-state index contributed by atoms with van der Waals surface area (Å²) in [4.78, 5) is 45.1. The molecule has 1 aromatic heterocycles. The van der Waals surface area contributed by atoms with Crippen molar-refractivity contribution in [2.45, 2.75) is 9.79 Å². The molecule has 0 unspecified atom stereocenters. The molecule has 1 heterocycles. The molecule has 0 bridgehead atoms. The Bertz CT molecular complexity index is 2400. The zero-order valence-corrected chi connectivity index (χ0v) is 27.1. The third kappa shape index (κ3) is 6.57. The molecule has 19 nitrogen and oxygen atoms in total. The Morgan fingerprint density at radius 2 is 0.980 bits per heavy atom. The first-order valence-electron chi connectivity index (χ1n) is 13.0. The molecule has 5 rings (SSSR count). The van der Waals surface area contributed by atoms with Crippen LogP contribution in [-0.2, 0) is 20.0 Å². The normalized spacial score (nSPS) is 11.5. The highest BCUT2D eigenvalue weighted by Crippen LogP contribution is 2.37. The topological polar surface area (TPSA) is 260 Å². The molecule has 0 atom stereocenters. The number of non-ortho nitro benzene ring substituents is 4. The maximum absolute atomic E-state index is 14.3. The minimum atomic E-state index is -5.03. The van der Waals surface area contributed by atoms with Crippen LogP contribution >= 0.6 is 23.6 Å². The largest absolute Gasteiger partial charge is 0.272 e. The number of thiocarbonyl (C=S) groups is 1. The van der Waals surface area contributed by atoms with Crippen molar-refractivity contribution in [1.29, 1.82) is 0 Å². The zero-order valence-electron chi connectivity index (χ0n) is 23.8. The number of benzene rings is 4. The summed E-state index contributed by atoms with van der Waals surface area (Å²) < 4.78 is 57.8. The van der Waals surface area contributed by atoms with Crippen LogP contribution in [0.15, 0.2) is 101 Å². The van der Waals surface area contributed by atoms with Crippen LogP contribution in [0.2, 0.25) is 0 Å². The van der Waals surface area contributed by atoms with Gasteiger partial charge in [-0.2, -0.15) is 4.31 Å². The van der Waals surface area contributed by atoms with E-state index in [0.717, 1.165) is 84.9 Å². The number of thiazole rings is 1. The molecular weight excluding hydrogens is 731 g/mol. The first-order valence-corrected chi connectivity index (χ1v) is 17.1. The second kappa shape index (κ2) is 12.9. The fourth-order valence-corrected chi connectivity index (χ4v) is 9.03. The minimum Gasteiger partial charge on any atom is -0.258 e. The molecule has 0 aliphatic carbocycles. The van der Waals surface area contributed by atoms with Crippen LogP contribution in [-0.4, -0.2) is 46.6 Å². The summed E-state index contributed by atoms with van der Waals surface area (Å²) in [6.45, 7) is 0. The molecule has 23 heteroatoms. The summed E-state index contributed by atoms with van der Waals surface area (Å²) in [5, 5.41) is 43.6. The highest BCUT2D eigenvalue weighted by Gasteiger charge is 2.40. The minimum absolute atomic E-state index is 0.0532. The summed E-state index contributed by atoms with van der Waals surface area (Å²) in [7, 11) is -10.0. The van der Waals surface area contributed by atoms with E-state index >= 15 is 0 Å². The summed E-state index contributed by atoms with van der Waals surface area (Å²) in [5.74, 6) is 0. The van der Waals surface area contributed by atoms with E-state index in [9.17, 15) is 57.3 Å². The molecule has 0 saturated heterocycles. The van der Waals surface area contributed by atoms with Gasteiger partial charge in [-0.05, 0) is 54.7 Å². The number of aromatic nitrogens is 1. The molecule has 0 aliphatic heterocycles. The molecule has 49 heavy (non-hydrogen) atoms. The molecule has 4 aromatic carbocycles. The van der Waals surface area contributed by atoms with Gasteiger partial charge in [-0.3, -0.25) is 40.5 Å². The number of anilines is 2. The quantitative estimate of drug-likeness (QED) is 0.0997. The van der Waals surface area contributed by atoms with E-state index in [1.807, 2.05) is 0 Å². The Kier molecular flexibility index (Phi) is 9.01. The summed E-state index contributed by atoms with van der Waals surface area (Å²) >= 11 is 6.12. The Hall–Kier alpha value is -6.04. The van der Waals surface area contributed by atoms with E-state index in [-0.39, 0.29) is 15.9 Å². The van der Waals surface area contributed by atoms with Crippen molar-refractivity contribution >= 4 is 92.5 Å². The van der Waals surface area contributed by atoms with E-state index in [2.05, 4.69) is 4.98 Å². The molecule has 0 radical (unpaired) electrons. The standard InChI is InChI=1S/C26H15N7O12S4/c34-30(35)17-3-1-16(2-4-17)28(48(42,43)21-10-5-18(6-11-21)31(36)37)26(46)29(49(44,45)22-12-7-19(8-13-22)32(38)39)25-27-23-14-9-20(33(40)41)15-24(23)47-25/h1-15H. The molecule has 0 N–H and O–H groups in total. The van der Waals surface area contributed by atoms with Crippen molar-refractivity contribution in [1.82, 2.24) is 4.98 Å². The van der Waals surface area contributed by atoms with Gasteiger partial charge >= 0.3 is 0 Å². The third-order valence-electron chi connectivity index (χ3n) is 6.56. The molecule has 0 aliphatic rings. The predicted molar refractivity (Wildman–Crippen MR) is 177 cm³/mol. The average Bonchev–Trinajstić information content (AvgIpc) is 3.47. The average molecular weight is 746 g/mol. The Balaban J connectivity index is 1.77. The smallest absolute Gasteiger partial charge is 0.258 e. The van der Waals surface area contributed by atoms with Gasteiger partial charge in [0.1, 0.15) is 0 Å². The monoisotopic (exact) mass is 745 g/mol. The number of fused-ring (bicyclic) bond motifs is 1. The number of nitro groups is 4. The number of hydrogen-bond donors (Lipinski definition) is 0. The Morgan fingerprint density at radius 1 is 0.592 bits per heavy atom. The van der Waals surface area contributed by atoms with E-state index in [4.69, 9.17) is 12.2 Å². The van der Waals surface area contributed by atoms with Gasteiger partial charge in [0.05, 0.1) is 45.4 Å². The lowest BCUT2D eigenvalue weighted by atomic mass is 10.3. The lowest BCUT2D eigenvalue weighted by molar-refractivity contribution is -0.385. The number of hydrogen-bond acceptors (Lipinski definition) is 15. The summed E-state index contributed by atoms with van der Waals surface area (Å²) in [6, 6.07) is 14.1. The maximum Gasteiger partial charge on any atom is 0.272 e. The second-order valence-electron chi connectivity index (χ2n) is 9.50. The number of nitro benzene ring substituents is 4. The first kappa shape index (κ1) is 34.3. The molecular formula is C26H15N7O12S4. The Labute approximate surface area is 283 Å². The SMILES string of the molecule is O=[N+]([O-])c1ccc(N(C(=S)N(c2nc3ccc([N+](=O)[O-])cc3s2)S(=O)(=O)c2ccc([N+](=O)[O-])cc2)S(=O)(=O)c2ccc([N+](=O)[O-])cc2)cc1. The second-order valence-corrected chi connectivity index (χ2v) is 14.5. The third-order valence-corrected chi connectivity index (χ3v) is 11.7. The summed E-state index contributed by atoms with van der Waals surface area (Å²) in [6.07, 6.45) is 0. The molecule has 0 saturated carbocycles. The molecule has 250 valence electrons. The number of sulfonamides is 2. The van der Waals surface area contributed by atoms with Gasteiger partial charge in [0.2, 0.25) is 10.2 Å². The number of nitrogens with zero attached hydrogens (tertiary/aromatic N) is 7. The van der Waals surface area contributed by atoms with Crippen LogP contribution in [0.25, 0.3) is 10.2 Å². The van der Waals surface area contributed by atoms with Crippen molar-refractivity contribution in [3.63, 3.8) is 0 Å².